The Morgan fingerprint density at radius 2 is 1.90 bits per heavy atom. The van der Waals surface area contributed by atoms with E-state index in [2.05, 4.69) is 0 Å². The molecule has 2 aromatic rings. The van der Waals surface area contributed by atoms with Crippen molar-refractivity contribution in [2.75, 3.05) is 19.8 Å². The molecule has 0 atom stereocenters. The Morgan fingerprint density at radius 1 is 1.19 bits per heavy atom. The fraction of sp³-hybridized carbons (Fsp3) is 0.400. The van der Waals surface area contributed by atoms with Crippen molar-refractivity contribution in [1.29, 1.82) is 0 Å². The van der Waals surface area contributed by atoms with E-state index in [1.165, 1.54) is 4.57 Å². The highest BCUT2D eigenvalue weighted by atomic mass is 35.5. The first-order valence-electron chi connectivity index (χ1n) is 6.90. The van der Waals surface area contributed by atoms with Gasteiger partial charge in [0.05, 0.1) is 24.8 Å². The Balaban J connectivity index is 2.67. The molecule has 21 heavy (non-hydrogen) atoms. The normalized spacial score (nSPS) is 10.7. The number of rotatable bonds is 5. The highest BCUT2D eigenvalue weighted by Gasteiger charge is 2.20. The molecular formula is C15H18ClNO4. The monoisotopic (exact) mass is 311 g/mol. The maximum atomic E-state index is 12.0. The summed E-state index contributed by atoms with van der Waals surface area (Å²) in [6.45, 7) is 6.75. The highest BCUT2D eigenvalue weighted by Crippen LogP contribution is 2.40. The number of carbonyl (C=O) groups excluding carboxylic acids is 1. The average molecular weight is 312 g/mol. The number of aromatic nitrogens is 1. The van der Waals surface area contributed by atoms with Gasteiger partial charge in [-0.2, -0.15) is 0 Å². The van der Waals surface area contributed by atoms with Gasteiger partial charge in [-0.05, 0) is 26.8 Å². The summed E-state index contributed by atoms with van der Waals surface area (Å²) in [5.41, 5.74) is 0.600. The summed E-state index contributed by atoms with van der Waals surface area (Å²) in [6, 6.07) is 3.43. The standard InChI is InChI=1S/C15H18ClNO4/c1-4-19-12-9-11(16)14(20-5-2)10-7-8-17(13(10)12)15(18)21-6-3/h7-9H,4-6H2,1-3H3. The van der Waals surface area contributed by atoms with Crippen molar-refractivity contribution in [3.05, 3.63) is 23.4 Å². The van der Waals surface area contributed by atoms with Crippen molar-refractivity contribution in [2.24, 2.45) is 0 Å². The Bertz CT molecular complexity index is 651. The molecule has 0 radical (unpaired) electrons. The van der Waals surface area contributed by atoms with Crippen molar-refractivity contribution in [1.82, 2.24) is 4.57 Å². The quantitative estimate of drug-likeness (QED) is 0.834. The molecule has 114 valence electrons. The Hall–Kier alpha value is -1.88. The summed E-state index contributed by atoms with van der Waals surface area (Å²) in [4.78, 5) is 12.0. The fourth-order valence-corrected chi connectivity index (χ4v) is 2.40. The third kappa shape index (κ3) is 2.93. The highest BCUT2D eigenvalue weighted by molar-refractivity contribution is 6.33. The maximum absolute atomic E-state index is 12.0. The number of hydrogen-bond donors (Lipinski definition) is 0. The third-order valence-electron chi connectivity index (χ3n) is 2.89. The van der Waals surface area contributed by atoms with Gasteiger partial charge in [-0.3, -0.25) is 0 Å². The fourth-order valence-electron chi connectivity index (χ4n) is 2.15. The topological polar surface area (TPSA) is 49.7 Å². The predicted molar refractivity (Wildman–Crippen MR) is 81.7 cm³/mol. The SMILES string of the molecule is CCOC(=O)n1ccc2c(OCC)c(Cl)cc(OCC)c21. The number of hydrogen-bond acceptors (Lipinski definition) is 4. The predicted octanol–water partition coefficient (Wildman–Crippen LogP) is 4.10. The van der Waals surface area contributed by atoms with Gasteiger partial charge in [0.2, 0.25) is 0 Å². The molecule has 0 fully saturated rings. The number of fused-ring (bicyclic) bond motifs is 1. The maximum Gasteiger partial charge on any atom is 0.418 e. The average Bonchev–Trinajstić information content (AvgIpc) is 2.88. The van der Waals surface area contributed by atoms with Crippen LogP contribution in [0.15, 0.2) is 18.3 Å². The summed E-state index contributed by atoms with van der Waals surface area (Å²) < 4.78 is 17.6. The van der Waals surface area contributed by atoms with Crippen molar-refractivity contribution >= 4 is 28.6 Å². The van der Waals surface area contributed by atoms with E-state index >= 15 is 0 Å². The van der Waals surface area contributed by atoms with E-state index in [1.807, 2.05) is 13.8 Å². The van der Waals surface area contributed by atoms with Gasteiger partial charge in [-0.15, -0.1) is 0 Å². The van der Waals surface area contributed by atoms with Crippen molar-refractivity contribution < 1.29 is 19.0 Å². The molecule has 1 aromatic carbocycles. The Labute approximate surface area is 128 Å². The van der Waals surface area contributed by atoms with Crippen LogP contribution in [0.2, 0.25) is 5.02 Å². The van der Waals surface area contributed by atoms with Crippen molar-refractivity contribution in [3.63, 3.8) is 0 Å². The van der Waals surface area contributed by atoms with E-state index in [0.717, 1.165) is 5.39 Å². The van der Waals surface area contributed by atoms with E-state index in [4.69, 9.17) is 25.8 Å². The van der Waals surface area contributed by atoms with Gasteiger partial charge in [0.1, 0.15) is 17.0 Å². The lowest BCUT2D eigenvalue weighted by Gasteiger charge is -2.13. The molecule has 6 heteroatoms. The van der Waals surface area contributed by atoms with Crippen LogP contribution >= 0.6 is 11.6 Å². The van der Waals surface area contributed by atoms with Crippen LogP contribution in [0, 0.1) is 0 Å². The molecule has 0 aliphatic heterocycles. The number of benzene rings is 1. The van der Waals surface area contributed by atoms with Crippen LogP contribution < -0.4 is 9.47 Å². The molecule has 0 aliphatic rings. The first kappa shape index (κ1) is 15.5. The number of halogens is 1. The van der Waals surface area contributed by atoms with Gasteiger partial charge >= 0.3 is 6.09 Å². The summed E-state index contributed by atoms with van der Waals surface area (Å²) in [5.74, 6) is 1.07. The van der Waals surface area contributed by atoms with E-state index in [-0.39, 0.29) is 0 Å². The first-order chi connectivity index (χ1) is 10.1. The van der Waals surface area contributed by atoms with E-state index in [9.17, 15) is 4.79 Å². The smallest absolute Gasteiger partial charge is 0.418 e. The third-order valence-corrected chi connectivity index (χ3v) is 3.17. The van der Waals surface area contributed by atoms with Crippen LogP contribution in [0.3, 0.4) is 0 Å². The first-order valence-corrected chi connectivity index (χ1v) is 7.28. The van der Waals surface area contributed by atoms with Gasteiger partial charge < -0.3 is 14.2 Å². The summed E-state index contributed by atoms with van der Waals surface area (Å²) >= 11 is 6.24. The molecule has 1 heterocycles. The number of carbonyl (C=O) groups is 1. The van der Waals surface area contributed by atoms with Crippen LogP contribution in [0.5, 0.6) is 11.5 Å². The molecule has 2 rings (SSSR count). The van der Waals surface area contributed by atoms with Crippen molar-refractivity contribution in [3.8, 4) is 11.5 Å². The molecule has 0 saturated carbocycles. The molecule has 0 saturated heterocycles. The van der Waals surface area contributed by atoms with Crippen LogP contribution in [0.1, 0.15) is 20.8 Å². The van der Waals surface area contributed by atoms with Gasteiger partial charge in [0.25, 0.3) is 0 Å². The van der Waals surface area contributed by atoms with Gasteiger partial charge in [-0.1, -0.05) is 11.6 Å². The van der Waals surface area contributed by atoms with Crippen LogP contribution in [0.25, 0.3) is 10.9 Å². The van der Waals surface area contributed by atoms with Gasteiger partial charge in [0.15, 0.2) is 0 Å². The van der Waals surface area contributed by atoms with Gasteiger partial charge in [-0.25, -0.2) is 9.36 Å². The molecule has 0 amide bonds. The van der Waals surface area contributed by atoms with E-state index in [1.54, 1.807) is 25.3 Å². The zero-order chi connectivity index (χ0) is 15.4. The minimum Gasteiger partial charge on any atom is -0.492 e. The molecule has 5 nitrogen and oxygen atoms in total. The molecule has 1 aromatic heterocycles. The second-order valence-corrected chi connectivity index (χ2v) is 4.61. The van der Waals surface area contributed by atoms with E-state index in [0.29, 0.717) is 41.9 Å². The Kier molecular flexibility index (Phi) is 4.96. The molecular weight excluding hydrogens is 294 g/mol. The summed E-state index contributed by atoms with van der Waals surface area (Å²) in [5, 5.41) is 1.18. The lowest BCUT2D eigenvalue weighted by Crippen LogP contribution is -2.13. The molecule has 0 N–H and O–H groups in total. The van der Waals surface area contributed by atoms with Gasteiger partial charge in [0, 0.05) is 17.6 Å². The summed E-state index contributed by atoms with van der Waals surface area (Å²) in [7, 11) is 0. The molecule has 0 unspecified atom stereocenters. The largest absolute Gasteiger partial charge is 0.492 e. The molecule has 0 bridgehead atoms. The lowest BCUT2D eigenvalue weighted by molar-refractivity contribution is 0.155. The van der Waals surface area contributed by atoms with Crippen LogP contribution in [-0.2, 0) is 4.74 Å². The minimum atomic E-state index is -0.460. The minimum absolute atomic E-state index is 0.300. The zero-order valence-electron chi connectivity index (χ0n) is 12.3. The zero-order valence-corrected chi connectivity index (χ0v) is 13.1. The van der Waals surface area contributed by atoms with Crippen molar-refractivity contribution in [2.45, 2.75) is 20.8 Å². The number of nitrogens with zero attached hydrogens (tertiary/aromatic N) is 1. The second kappa shape index (κ2) is 6.72. The van der Waals surface area contributed by atoms with Crippen LogP contribution in [-0.4, -0.2) is 30.5 Å². The lowest BCUT2D eigenvalue weighted by atomic mass is 10.2. The molecule has 0 aliphatic carbocycles. The second-order valence-electron chi connectivity index (χ2n) is 4.20. The van der Waals surface area contributed by atoms with E-state index < -0.39 is 6.09 Å². The number of ether oxygens (including phenoxy) is 3. The summed E-state index contributed by atoms with van der Waals surface area (Å²) in [6.07, 6.45) is 1.17. The Morgan fingerprint density at radius 3 is 2.52 bits per heavy atom. The van der Waals surface area contributed by atoms with Crippen LogP contribution in [0.4, 0.5) is 4.79 Å². The molecule has 0 spiro atoms.